The lowest BCUT2D eigenvalue weighted by atomic mass is 9.86. The van der Waals surface area contributed by atoms with Crippen molar-refractivity contribution in [1.29, 1.82) is 0 Å². The molecule has 0 aliphatic rings. The quantitative estimate of drug-likeness (QED) is 0.278. The zero-order valence-electron chi connectivity index (χ0n) is 18.2. The molecule has 0 saturated carbocycles. The molecule has 10 nitrogen and oxygen atoms in total. The Morgan fingerprint density at radius 2 is 1.30 bits per heavy atom. The maximum Gasteiger partial charge on any atom is 0.310 e. The number of esters is 4. The van der Waals surface area contributed by atoms with Gasteiger partial charge in [0, 0.05) is 0 Å². The molecule has 0 fully saturated rings. The summed E-state index contributed by atoms with van der Waals surface area (Å²) in [5.41, 5.74) is -0.261. The Morgan fingerprint density at radius 3 is 1.70 bits per heavy atom. The molecule has 0 spiro atoms. The third-order valence-electron chi connectivity index (χ3n) is 4.31. The molecule has 0 aromatic rings. The van der Waals surface area contributed by atoms with Gasteiger partial charge in [-0.2, -0.15) is 0 Å². The maximum atomic E-state index is 12.5. The van der Waals surface area contributed by atoms with E-state index in [4.69, 9.17) is 24.4 Å². The molecular formula is C20H34O10. The first-order valence-corrected chi connectivity index (χ1v) is 9.89. The first-order valence-electron chi connectivity index (χ1n) is 9.89. The highest BCUT2D eigenvalue weighted by Crippen LogP contribution is 2.26. The van der Waals surface area contributed by atoms with Crippen molar-refractivity contribution >= 4 is 23.9 Å². The predicted molar refractivity (Wildman–Crippen MR) is 104 cm³/mol. The van der Waals surface area contributed by atoms with Gasteiger partial charge in [-0.05, 0) is 11.8 Å². The van der Waals surface area contributed by atoms with E-state index in [1.54, 1.807) is 0 Å². The smallest absolute Gasteiger partial charge is 0.310 e. The fourth-order valence-corrected chi connectivity index (χ4v) is 2.81. The summed E-state index contributed by atoms with van der Waals surface area (Å²) >= 11 is 0. The molecule has 2 unspecified atom stereocenters. The van der Waals surface area contributed by atoms with E-state index < -0.39 is 61.8 Å². The van der Waals surface area contributed by atoms with Crippen LogP contribution in [0, 0.1) is 17.3 Å². The van der Waals surface area contributed by atoms with Crippen LogP contribution in [0.2, 0.25) is 0 Å². The number of carbonyl (C=O) groups is 4. The zero-order valence-corrected chi connectivity index (χ0v) is 18.2. The topological polar surface area (TPSA) is 146 Å². The molecule has 0 aromatic heterocycles. The highest BCUT2D eigenvalue weighted by Gasteiger charge is 2.40. The highest BCUT2D eigenvalue weighted by molar-refractivity contribution is 5.88. The number of rotatable bonds is 15. The van der Waals surface area contributed by atoms with Crippen molar-refractivity contribution in [1.82, 2.24) is 0 Å². The number of methoxy groups -OCH3 is 1. The molecule has 2 N–H and O–H groups in total. The number of ether oxygens (including phenoxy) is 4. The van der Waals surface area contributed by atoms with Crippen LogP contribution >= 0.6 is 0 Å². The standard InChI is InChI=1S/C20H34O10/c1-5-6-20(2,3)13-30-17(24)12-15(19(26)29-10-8-22)14(11-16(23)27-4)18(25)28-9-7-21/h14-15,21-22H,5-13H2,1-4H3. The van der Waals surface area contributed by atoms with Gasteiger partial charge in [0.1, 0.15) is 13.2 Å². The van der Waals surface area contributed by atoms with Crippen molar-refractivity contribution in [3.8, 4) is 0 Å². The average Bonchev–Trinajstić information content (AvgIpc) is 2.70. The molecule has 0 aromatic carbocycles. The Labute approximate surface area is 176 Å². The molecule has 0 aliphatic carbocycles. The van der Waals surface area contributed by atoms with Crippen molar-refractivity contribution in [2.24, 2.45) is 17.3 Å². The first-order chi connectivity index (χ1) is 14.1. The molecular weight excluding hydrogens is 400 g/mol. The van der Waals surface area contributed by atoms with Gasteiger partial charge in [0.15, 0.2) is 0 Å². The van der Waals surface area contributed by atoms with Crippen LogP contribution in [0.3, 0.4) is 0 Å². The first kappa shape index (κ1) is 27.8. The molecule has 2 atom stereocenters. The van der Waals surface area contributed by atoms with Crippen LogP contribution in [-0.2, 0) is 38.1 Å². The number of aliphatic hydroxyl groups is 2. The van der Waals surface area contributed by atoms with Gasteiger partial charge in [-0.15, -0.1) is 0 Å². The van der Waals surface area contributed by atoms with Gasteiger partial charge in [-0.1, -0.05) is 27.2 Å². The average molecular weight is 434 g/mol. The number of aliphatic hydroxyl groups excluding tert-OH is 2. The van der Waals surface area contributed by atoms with Crippen molar-refractivity contribution in [2.75, 3.05) is 40.1 Å². The molecule has 174 valence electrons. The summed E-state index contributed by atoms with van der Waals surface area (Å²) in [6.07, 6.45) is 0.663. The minimum atomic E-state index is -1.39. The third kappa shape index (κ3) is 11.1. The van der Waals surface area contributed by atoms with Crippen LogP contribution in [-0.4, -0.2) is 74.2 Å². The second-order valence-corrected chi connectivity index (χ2v) is 7.55. The van der Waals surface area contributed by atoms with E-state index in [1.807, 2.05) is 20.8 Å². The fraction of sp³-hybridized carbons (Fsp3) is 0.800. The van der Waals surface area contributed by atoms with Crippen LogP contribution < -0.4 is 0 Å². The third-order valence-corrected chi connectivity index (χ3v) is 4.31. The summed E-state index contributed by atoms with van der Waals surface area (Å²) in [5.74, 6) is -6.22. The summed E-state index contributed by atoms with van der Waals surface area (Å²) < 4.78 is 19.6. The van der Waals surface area contributed by atoms with Gasteiger partial charge in [-0.3, -0.25) is 19.2 Å². The van der Waals surface area contributed by atoms with Crippen molar-refractivity contribution in [2.45, 2.75) is 46.5 Å². The van der Waals surface area contributed by atoms with E-state index >= 15 is 0 Å². The second-order valence-electron chi connectivity index (χ2n) is 7.55. The van der Waals surface area contributed by atoms with Crippen LogP contribution in [0.25, 0.3) is 0 Å². The lowest BCUT2D eigenvalue weighted by molar-refractivity contribution is -0.168. The van der Waals surface area contributed by atoms with Crippen molar-refractivity contribution < 1.29 is 48.3 Å². The van der Waals surface area contributed by atoms with E-state index in [-0.39, 0.29) is 25.2 Å². The Balaban J connectivity index is 5.49. The predicted octanol–water partition coefficient (Wildman–Crippen LogP) is 0.613. The van der Waals surface area contributed by atoms with Crippen LogP contribution in [0.5, 0.6) is 0 Å². The molecule has 0 bridgehead atoms. The van der Waals surface area contributed by atoms with Crippen molar-refractivity contribution in [3.63, 3.8) is 0 Å². The molecule has 0 heterocycles. The molecule has 0 aliphatic heterocycles. The minimum Gasteiger partial charge on any atom is -0.469 e. The largest absolute Gasteiger partial charge is 0.469 e. The van der Waals surface area contributed by atoms with E-state index in [9.17, 15) is 19.2 Å². The van der Waals surface area contributed by atoms with Gasteiger partial charge < -0.3 is 29.2 Å². The van der Waals surface area contributed by atoms with Crippen LogP contribution in [0.1, 0.15) is 46.5 Å². The van der Waals surface area contributed by atoms with E-state index in [1.165, 1.54) is 0 Å². The summed E-state index contributed by atoms with van der Waals surface area (Å²) in [4.78, 5) is 49.0. The minimum absolute atomic E-state index is 0.120. The summed E-state index contributed by atoms with van der Waals surface area (Å²) in [7, 11) is 1.11. The van der Waals surface area contributed by atoms with E-state index in [2.05, 4.69) is 4.74 Å². The molecule has 10 heteroatoms. The van der Waals surface area contributed by atoms with Gasteiger partial charge in [0.25, 0.3) is 0 Å². The fourth-order valence-electron chi connectivity index (χ4n) is 2.81. The summed E-state index contributed by atoms with van der Waals surface area (Å²) in [6, 6.07) is 0. The van der Waals surface area contributed by atoms with Gasteiger partial charge in [-0.25, -0.2) is 0 Å². The van der Waals surface area contributed by atoms with Crippen LogP contribution in [0.15, 0.2) is 0 Å². The normalized spacial score (nSPS) is 13.1. The monoisotopic (exact) mass is 434 g/mol. The number of carbonyl (C=O) groups excluding carboxylic acids is 4. The second kappa shape index (κ2) is 14.7. The molecule has 0 saturated heterocycles. The van der Waals surface area contributed by atoms with Crippen molar-refractivity contribution in [3.05, 3.63) is 0 Å². The lowest BCUT2D eigenvalue weighted by Crippen LogP contribution is -2.37. The Bertz CT molecular complexity index is 558. The lowest BCUT2D eigenvalue weighted by Gasteiger charge is -2.25. The number of hydrogen-bond donors (Lipinski definition) is 2. The maximum absolute atomic E-state index is 12.5. The van der Waals surface area contributed by atoms with Gasteiger partial charge >= 0.3 is 23.9 Å². The molecule has 0 amide bonds. The molecule has 0 rings (SSSR count). The van der Waals surface area contributed by atoms with Crippen LogP contribution in [0.4, 0.5) is 0 Å². The summed E-state index contributed by atoms with van der Waals surface area (Å²) in [5, 5.41) is 17.7. The molecule has 0 radical (unpaired) electrons. The number of hydrogen-bond acceptors (Lipinski definition) is 10. The summed E-state index contributed by atoms with van der Waals surface area (Å²) in [6.45, 7) is 4.40. The van der Waals surface area contributed by atoms with E-state index in [0.717, 1.165) is 20.0 Å². The Hall–Kier alpha value is -2.20. The SMILES string of the molecule is CCCC(C)(C)COC(=O)CC(C(=O)OCCO)C(CC(=O)OC)C(=O)OCCO. The zero-order chi connectivity index (χ0) is 23.2. The highest BCUT2D eigenvalue weighted by atomic mass is 16.6. The van der Waals surface area contributed by atoms with E-state index in [0.29, 0.717) is 0 Å². The molecule has 30 heavy (non-hydrogen) atoms. The van der Waals surface area contributed by atoms with Gasteiger partial charge in [0.2, 0.25) is 0 Å². The Kier molecular flexibility index (Phi) is 13.7. The Morgan fingerprint density at radius 1 is 0.833 bits per heavy atom. The van der Waals surface area contributed by atoms with Gasteiger partial charge in [0.05, 0.1) is 51.6 Å².